The topological polar surface area (TPSA) is 101 Å². The monoisotopic (exact) mass is 308 g/mol. The number of alkyl halides is 2. The lowest BCUT2D eigenvalue weighted by atomic mass is 10.2. The number of halogens is 2. The van der Waals surface area contributed by atoms with Crippen molar-refractivity contribution < 1.29 is 36.4 Å². The van der Waals surface area contributed by atoms with Crippen LogP contribution in [0.3, 0.4) is 0 Å². The number of rotatable bonds is 4. The lowest BCUT2D eigenvalue weighted by Crippen LogP contribution is -2.44. The van der Waals surface area contributed by atoms with Crippen LogP contribution in [-0.4, -0.2) is 50.6 Å². The lowest BCUT2D eigenvalue weighted by Gasteiger charge is -2.22. The van der Waals surface area contributed by atoms with E-state index in [1.165, 1.54) is 28.4 Å². The van der Waals surface area contributed by atoms with Gasteiger partial charge in [0, 0.05) is 0 Å². The second-order valence-corrected chi connectivity index (χ2v) is 5.48. The van der Waals surface area contributed by atoms with Crippen LogP contribution in [0.2, 0.25) is 0 Å². The Morgan fingerprint density at radius 1 is 1.37 bits per heavy atom. The standard InChI is InChI=1S/C9H7F2O6S.Al/c10-9(11,18(14,15)16)5-17-8(13)6-3-1-2-4-7(6)12;/h1-5,12H,(H,14,15,16);. The van der Waals surface area contributed by atoms with E-state index in [-0.39, 0.29) is 0 Å². The largest absolute Gasteiger partial charge is 0.507 e. The van der Waals surface area contributed by atoms with Gasteiger partial charge in [0.25, 0.3) is 0 Å². The Bertz CT molecular complexity index is 588. The van der Waals surface area contributed by atoms with E-state index in [4.69, 9.17) is 4.55 Å². The molecule has 0 fully saturated rings. The van der Waals surface area contributed by atoms with E-state index in [0.717, 1.165) is 12.1 Å². The molecule has 0 saturated heterocycles. The van der Waals surface area contributed by atoms with E-state index in [1.807, 2.05) is 0 Å². The van der Waals surface area contributed by atoms with E-state index in [1.54, 1.807) is 0 Å². The normalized spacial score (nSPS) is 13.8. The molecule has 0 bridgehead atoms. The Kier molecular flexibility index (Phi) is 4.52. The van der Waals surface area contributed by atoms with E-state index >= 15 is 0 Å². The maximum absolute atomic E-state index is 13.1. The number of phenols is 1. The summed E-state index contributed by atoms with van der Waals surface area (Å²) in [4.78, 5) is 8.94. The van der Waals surface area contributed by atoms with Crippen LogP contribution in [0.15, 0.2) is 24.3 Å². The molecular formula is C9H7AlF2O6S. The molecule has 0 aromatic heterocycles. The quantitative estimate of drug-likeness (QED) is 0.478. The molecule has 0 saturated carbocycles. The Morgan fingerprint density at radius 3 is 2.37 bits per heavy atom. The van der Waals surface area contributed by atoms with Gasteiger partial charge < -0.3 is 9.84 Å². The second kappa shape index (κ2) is 5.42. The molecule has 102 valence electrons. The summed E-state index contributed by atoms with van der Waals surface area (Å²) in [7, 11) is -5.73. The first-order valence-corrected chi connectivity index (χ1v) is 6.77. The molecule has 10 heteroatoms. The second-order valence-electron chi connectivity index (χ2n) is 3.38. The van der Waals surface area contributed by atoms with Crippen LogP contribution in [0.1, 0.15) is 10.4 Å². The van der Waals surface area contributed by atoms with Crippen molar-refractivity contribution in [2.24, 2.45) is 0 Å². The molecule has 1 rings (SSSR count). The number of esters is 1. The van der Waals surface area contributed by atoms with Crippen LogP contribution >= 0.6 is 0 Å². The van der Waals surface area contributed by atoms with Crippen molar-refractivity contribution in [1.82, 2.24) is 0 Å². The molecule has 6 nitrogen and oxygen atoms in total. The van der Waals surface area contributed by atoms with E-state index in [0.29, 0.717) is 0 Å². The van der Waals surface area contributed by atoms with Gasteiger partial charge in [-0.15, -0.1) is 0 Å². The summed E-state index contributed by atoms with van der Waals surface area (Å²) in [5, 5.41) is 4.61. The highest BCUT2D eigenvalue weighted by atomic mass is 32.2. The van der Waals surface area contributed by atoms with E-state index in [2.05, 4.69) is 4.74 Å². The average molecular weight is 308 g/mol. The predicted octanol–water partition coefficient (Wildman–Crippen LogP) is 0.524. The Hall–Kier alpha value is -1.21. The van der Waals surface area contributed by atoms with Crippen LogP contribution in [0.25, 0.3) is 0 Å². The van der Waals surface area contributed by atoms with Crippen LogP contribution < -0.4 is 0 Å². The predicted molar refractivity (Wildman–Crippen MR) is 59.6 cm³/mol. The molecule has 0 aliphatic heterocycles. The summed E-state index contributed by atoms with van der Waals surface area (Å²) >= 11 is 1.29. The van der Waals surface area contributed by atoms with Crippen LogP contribution in [0.5, 0.6) is 5.75 Å². The van der Waals surface area contributed by atoms with Crippen molar-refractivity contribution in [3.05, 3.63) is 29.8 Å². The number of benzene rings is 1. The van der Waals surface area contributed by atoms with Gasteiger partial charge in [0.1, 0.15) is 11.3 Å². The summed E-state index contributed by atoms with van der Waals surface area (Å²) < 4.78 is 59.6. The Labute approximate surface area is 115 Å². The van der Waals surface area contributed by atoms with Crippen molar-refractivity contribution in [2.75, 3.05) is 0 Å². The van der Waals surface area contributed by atoms with Crippen molar-refractivity contribution >= 4 is 32.4 Å². The molecule has 1 aromatic rings. The highest BCUT2D eigenvalue weighted by molar-refractivity contribution is 7.87. The zero-order valence-electron chi connectivity index (χ0n) is 9.16. The number of para-hydroxylation sites is 1. The highest BCUT2D eigenvalue weighted by Crippen LogP contribution is 2.27. The van der Waals surface area contributed by atoms with E-state index in [9.17, 15) is 27.1 Å². The minimum Gasteiger partial charge on any atom is -0.507 e. The summed E-state index contributed by atoms with van der Waals surface area (Å²) in [6.45, 7) is 0. The van der Waals surface area contributed by atoms with Gasteiger partial charge in [-0.1, -0.05) is 12.1 Å². The Balaban J connectivity index is 2.93. The molecule has 1 aromatic carbocycles. The third-order valence-electron chi connectivity index (χ3n) is 2.03. The zero-order chi connectivity index (χ0) is 14.8. The summed E-state index contributed by atoms with van der Waals surface area (Å²) in [6, 6.07) is 4.95. The van der Waals surface area contributed by atoms with Gasteiger partial charge in [-0.2, -0.15) is 17.2 Å². The first-order valence-electron chi connectivity index (χ1n) is 4.66. The van der Waals surface area contributed by atoms with Gasteiger partial charge in [0.05, 0.1) is 4.97 Å². The van der Waals surface area contributed by atoms with Crippen molar-refractivity contribution in [2.45, 2.75) is 10.2 Å². The van der Waals surface area contributed by atoms with Gasteiger partial charge in [-0.3, -0.25) is 4.55 Å². The molecular weight excluding hydrogens is 301 g/mol. The van der Waals surface area contributed by atoms with Gasteiger partial charge >= 0.3 is 21.3 Å². The van der Waals surface area contributed by atoms with Crippen molar-refractivity contribution in [3.8, 4) is 5.75 Å². The molecule has 1 unspecified atom stereocenters. The number of phenolic OH excluding ortho intramolecular Hbond substituents is 1. The number of hydrogen-bond acceptors (Lipinski definition) is 5. The summed E-state index contributed by atoms with van der Waals surface area (Å²) in [5.74, 6) is -1.87. The molecule has 0 aliphatic carbocycles. The van der Waals surface area contributed by atoms with Crippen LogP contribution in [-0.2, 0) is 14.9 Å². The fourth-order valence-corrected chi connectivity index (χ4v) is 2.02. The minimum atomic E-state index is -5.73. The summed E-state index contributed by atoms with van der Waals surface area (Å²) in [5.41, 5.74) is -0.416. The van der Waals surface area contributed by atoms with Gasteiger partial charge in [-0.05, 0) is 12.1 Å². The first-order chi connectivity index (χ1) is 8.57. The number of carbonyl (C=O) groups is 1. The molecule has 0 amide bonds. The molecule has 1 atom stereocenters. The van der Waals surface area contributed by atoms with Crippen molar-refractivity contribution in [3.63, 3.8) is 0 Å². The smallest absolute Gasteiger partial charge is 0.389 e. The van der Waals surface area contributed by atoms with Gasteiger partial charge in [-0.25, -0.2) is 4.79 Å². The zero-order valence-corrected chi connectivity index (χ0v) is 11.1. The fraction of sp³-hybridized carbons (Fsp3) is 0.222. The Morgan fingerprint density at radius 2 is 1.89 bits per heavy atom. The maximum Gasteiger partial charge on any atom is 0.389 e. The van der Waals surface area contributed by atoms with Gasteiger partial charge in [0.2, 0.25) is 16.3 Å². The average Bonchev–Trinajstić information content (AvgIpc) is 2.27. The number of ether oxygens (including phenoxy) is 1. The third-order valence-corrected chi connectivity index (χ3v) is 3.75. The fourth-order valence-electron chi connectivity index (χ4n) is 1.04. The van der Waals surface area contributed by atoms with Crippen LogP contribution in [0.4, 0.5) is 8.78 Å². The van der Waals surface area contributed by atoms with Gasteiger partial charge in [0.15, 0.2) is 0 Å². The number of aromatic hydroxyl groups is 1. The molecule has 0 aliphatic rings. The van der Waals surface area contributed by atoms with E-state index < -0.39 is 37.6 Å². The molecule has 0 heterocycles. The molecule has 0 spiro atoms. The SMILES string of the molecule is O=C(O[CH]([Al])C(F)(F)S(=O)(=O)O)c1ccccc1O. The first kappa shape index (κ1) is 15.8. The van der Waals surface area contributed by atoms with Crippen molar-refractivity contribution in [1.29, 1.82) is 0 Å². The summed E-state index contributed by atoms with van der Waals surface area (Å²) in [6.07, 6.45) is 0. The number of hydrogen-bond donors (Lipinski definition) is 2. The minimum absolute atomic E-state index is 0.416. The lowest BCUT2D eigenvalue weighted by molar-refractivity contribution is -0.0287. The molecule has 2 radical (unpaired) electrons. The third kappa shape index (κ3) is 3.42. The highest BCUT2D eigenvalue weighted by Gasteiger charge is 2.50. The maximum atomic E-state index is 13.1. The van der Waals surface area contributed by atoms with Crippen LogP contribution in [0, 0.1) is 0 Å². The molecule has 2 N–H and O–H groups in total. The number of carbonyl (C=O) groups excluding carboxylic acids is 1. The molecule has 19 heavy (non-hydrogen) atoms.